The SMILES string of the molecule is CC(=O)NC1=C(N)OC(CO)=C(O[C@@H]2O[C@H](CO)C(O)=C(O)[C@H]2NC(C)=O)[C@@H]1O. The third-order valence-corrected chi connectivity index (χ3v) is 3.95. The van der Waals surface area contributed by atoms with Crippen molar-refractivity contribution in [2.75, 3.05) is 13.2 Å². The Kier molecular flexibility index (Phi) is 6.92. The van der Waals surface area contributed by atoms with Gasteiger partial charge in [-0.05, 0) is 0 Å². The van der Waals surface area contributed by atoms with Crippen molar-refractivity contribution in [2.45, 2.75) is 38.4 Å². The third-order valence-electron chi connectivity index (χ3n) is 3.95. The molecule has 0 unspecified atom stereocenters. The predicted molar refractivity (Wildman–Crippen MR) is 93.0 cm³/mol. The van der Waals surface area contributed by atoms with E-state index >= 15 is 0 Å². The molecule has 2 rings (SSSR count). The van der Waals surface area contributed by atoms with E-state index in [-0.39, 0.29) is 17.3 Å². The first-order valence-corrected chi connectivity index (χ1v) is 8.39. The quantitative estimate of drug-likeness (QED) is 0.224. The number of aliphatic hydroxyl groups excluding tert-OH is 5. The number of aliphatic hydroxyl groups is 5. The summed E-state index contributed by atoms with van der Waals surface area (Å²) in [5.41, 5.74) is 5.37. The van der Waals surface area contributed by atoms with Crippen LogP contribution in [0.5, 0.6) is 0 Å². The lowest BCUT2D eigenvalue weighted by molar-refractivity contribution is -0.192. The molecule has 0 aromatic heterocycles. The van der Waals surface area contributed by atoms with Crippen LogP contribution in [0, 0.1) is 0 Å². The fourth-order valence-electron chi connectivity index (χ4n) is 2.68. The maximum Gasteiger partial charge on any atom is 0.228 e. The summed E-state index contributed by atoms with van der Waals surface area (Å²) in [6.07, 6.45) is -4.66. The van der Waals surface area contributed by atoms with E-state index in [9.17, 15) is 35.1 Å². The van der Waals surface area contributed by atoms with Crippen LogP contribution in [0.1, 0.15) is 13.8 Å². The summed E-state index contributed by atoms with van der Waals surface area (Å²) >= 11 is 0. The molecule has 13 heteroatoms. The fourth-order valence-corrected chi connectivity index (χ4v) is 2.68. The van der Waals surface area contributed by atoms with Crippen molar-refractivity contribution in [2.24, 2.45) is 5.73 Å². The molecule has 2 aliphatic heterocycles. The minimum absolute atomic E-state index is 0.266. The first kappa shape index (κ1) is 22.3. The van der Waals surface area contributed by atoms with Gasteiger partial charge in [0.1, 0.15) is 18.4 Å². The Balaban J connectivity index is 2.39. The molecule has 0 bridgehead atoms. The van der Waals surface area contributed by atoms with Gasteiger partial charge in [-0.1, -0.05) is 0 Å². The number of carbonyl (C=O) groups is 2. The van der Waals surface area contributed by atoms with Crippen molar-refractivity contribution < 1.29 is 49.3 Å². The highest BCUT2D eigenvalue weighted by Crippen LogP contribution is 2.31. The molecule has 162 valence electrons. The van der Waals surface area contributed by atoms with Crippen LogP contribution in [0.4, 0.5) is 0 Å². The number of amides is 2. The first-order valence-electron chi connectivity index (χ1n) is 8.39. The summed E-state index contributed by atoms with van der Waals surface area (Å²) in [5.74, 6) is -3.79. The predicted octanol–water partition coefficient (Wildman–Crippen LogP) is -2.59. The van der Waals surface area contributed by atoms with E-state index in [4.69, 9.17) is 19.9 Å². The zero-order valence-electron chi connectivity index (χ0n) is 15.6. The zero-order chi connectivity index (χ0) is 21.9. The van der Waals surface area contributed by atoms with Gasteiger partial charge >= 0.3 is 0 Å². The number of hydrogen-bond acceptors (Lipinski definition) is 11. The summed E-state index contributed by atoms with van der Waals surface area (Å²) in [7, 11) is 0. The largest absolute Gasteiger partial charge is 0.506 e. The van der Waals surface area contributed by atoms with Gasteiger partial charge in [-0.15, -0.1) is 0 Å². The molecule has 0 spiro atoms. The molecule has 0 aromatic rings. The molecule has 0 aliphatic carbocycles. The number of hydrogen-bond donors (Lipinski definition) is 8. The lowest BCUT2D eigenvalue weighted by atomic mass is 10.1. The maximum atomic E-state index is 11.5. The number of carbonyl (C=O) groups excluding carboxylic acids is 2. The summed E-state index contributed by atoms with van der Waals surface area (Å²) in [4.78, 5) is 22.8. The molecule has 0 radical (unpaired) electrons. The van der Waals surface area contributed by atoms with Crippen molar-refractivity contribution in [3.63, 3.8) is 0 Å². The molecular weight excluding hydrogens is 394 g/mol. The number of nitrogens with one attached hydrogen (secondary N) is 2. The molecule has 0 saturated heterocycles. The smallest absolute Gasteiger partial charge is 0.228 e. The number of ether oxygens (including phenoxy) is 3. The fraction of sp³-hybridized carbons (Fsp3) is 0.500. The van der Waals surface area contributed by atoms with E-state index in [2.05, 4.69) is 10.6 Å². The lowest BCUT2D eigenvalue weighted by Crippen LogP contribution is -2.53. The molecule has 0 fully saturated rings. The zero-order valence-corrected chi connectivity index (χ0v) is 15.6. The van der Waals surface area contributed by atoms with Gasteiger partial charge in [0.15, 0.2) is 35.2 Å². The molecule has 9 N–H and O–H groups in total. The highest BCUT2D eigenvalue weighted by atomic mass is 16.7. The normalized spacial score (nSPS) is 27.5. The van der Waals surface area contributed by atoms with Crippen LogP contribution in [0.15, 0.2) is 34.6 Å². The van der Waals surface area contributed by atoms with Crippen molar-refractivity contribution in [1.29, 1.82) is 0 Å². The number of rotatable bonds is 6. The molecule has 13 nitrogen and oxygen atoms in total. The Morgan fingerprint density at radius 2 is 1.83 bits per heavy atom. The van der Waals surface area contributed by atoms with Crippen LogP contribution in [-0.4, -0.2) is 75.1 Å². The Morgan fingerprint density at radius 3 is 2.34 bits per heavy atom. The molecule has 29 heavy (non-hydrogen) atoms. The second-order valence-electron chi connectivity index (χ2n) is 6.15. The monoisotopic (exact) mass is 417 g/mol. The second kappa shape index (κ2) is 9.00. The van der Waals surface area contributed by atoms with Crippen molar-refractivity contribution in [3.05, 3.63) is 34.6 Å². The summed E-state index contributed by atoms with van der Waals surface area (Å²) in [6, 6.07) is -1.43. The Labute approximate surface area is 164 Å². The van der Waals surface area contributed by atoms with Crippen LogP contribution in [-0.2, 0) is 23.8 Å². The van der Waals surface area contributed by atoms with Crippen LogP contribution in [0.2, 0.25) is 0 Å². The van der Waals surface area contributed by atoms with Gasteiger partial charge in [-0.25, -0.2) is 0 Å². The minimum Gasteiger partial charge on any atom is -0.506 e. The minimum atomic E-state index is -1.70. The molecule has 2 aliphatic rings. The second-order valence-corrected chi connectivity index (χ2v) is 6.15. The average Bonchev–Trinajstić information content (AvgIpc) is 2.65. The van der Waals surface area contributed by atoms with Gasteiger partial charge in [-0.3, -0.25) is 9.59 Å². The molecule has 2 amide bonds. The van der Waals surface area contributed by atoms with Crippen LogP contribution in [0.3, 0.4) is 0 Å². The highest BCUT2D eigenvalue weighted by molar-refractivity contribution is 5.75. The molecular formula is C16H23N3O10. The summed E-state index contributed by atoms with van der Waals surface area (Å²) < 4.78 is 16.0. The van der Waals surface area contributed by atoms with Gasteiger partial charge in [0.25, 0.3) is 0 Å². The van der Waals surface area contributed by atoms with Gasteiger partial charge in [0, 0.05) is 13.8 Å². The molecule has 2 heterocycles. The van der Waals surface area contributed by atoms with Crippen LogP contribution in [0.25, 0.3) is 0 Å². The van der Waals surface area contributed by atoms with Gasteiger partial charge in [0.05, 0.1) is 6.61 Å². The van der Waals surface area contributed by atoms with Crippen LogP contribution >= 0.6 is 0 Å². The summed E-state index contributed by atoms with van der Waals surface area (Å²) in [5, 5.41) is 54.0. The lowest BCUT2D eigenvalue weighted by Gasteiger charge is -2.37. The number of nitrogens with two attached hydrogens (primary N) is 1. The summed E-state index contributed by atoms with van der Waals surface area (Å²) in [6.45, 7) is 0.786. The first-order chi connectivity index (χ1) is 13.6. The molecule has 0 saturated carbocycles. The van der Waals surface area contributed by atoms with E-state index < -0.39 is 66.8 Å². The Bertz CT molecular complexity index is 775. The van der Waals surface area contributed by atoms with Crippen LogP contribution < -0.4 is 16.4 Å². The van der Waals surface area contributed by atoms with Gasteiger partial charge < -0.3 is 56.1 Å². The maximum absolute atomic E-state index is 11.5. The highest BCUT2D eigenvalue weighted by Gasteiger charge is 2.43. The Hall–Kier alpha value is -3.00. The topological polar surface area (TPSA) is 213 Å². The van der Waals surface area contributed by atoms with Crippen molar-refractivity contribution >= 4 is 11.8 Å². The standard InChI is InChI=1S/C16H23N3O10/c1-5(22)18-9-13(26)14(8(4-21)27-15(9)17)29-16-10(19-6(2)23)12(25)11(24)7(3-20)28-16/h7,10,13,16,20-21,24-26H,3-4,17H2,1-2H3,(H,18,22)(H,19,23)/t7-,10-,13-,16+/m1/s1. The van der Waals surface area contributed by atoms with Crippen molar-refractivity contribution in [3.8, 4) is 0 Å². The van der Waals surface area contributed by atoms with Gasteiger partial charge in [-0.2, -0.15) is 0 Å². The third kappa shape index (κ3) is 4.71. The van der Waals surface area contributed by atoms with E-state index in [1.165, 1.54) is 0 Å². The molecule has 0 aromatic carbocycles. The van der Waals surface area contributed by atoms with E-state index in [1.54, 1.807) is 0 Å². The van der Waals surface area contributed by atoms with Gasteiger partial charge in [0.2, 0.25) is 24.0 Å². The van der Waals surface area contributed by atoms with Crippen molar-refractivity contribution in [1.82, 2.24) is 10.6 Å². The molecule has 4 atom stereocenters. The Morgan fingerprint density at radius 1 is 1.17 bits per heavy atom. The van der Waals surface area contributed by atoms with E-state index in [0.717, 1.165) is 13.8 Å². The van der Waals surface area contributed by atoms with E-state index in [1.807, 2.05) is 0 Å². The average molecular weight is 417 g/mol. The van der Waals surface area contributed by atoms with E-state index in [0.29, 0.717) is 0 Å².